The molecule has 0 bridgehead atoms. The van der Waals surface area contributed by atoms with Crippen LogP contribution in [0.5, 0.6) is 5.75 Å². The number of hydrogen-bond acceptors (Lipinski definition) is 1. The van der Waals surface area contributed by atoms with Crippen LogP contribution in [-0.2, 0) is 6.42 Å². The Hall–Kier alpha value is -0.210. The summed E-state index contributed by atoms with van der Waals surface area (Å²) in [4.78, 5) is 0.702. The summed E-state index contributed by atoms with van der Waals surface area (Å²) in [6.07, 6.45) is 6.26. The molecular weight excluding hydrogens is 300 g/mol. The van der Waals surface area contributed by atoms with Crippen molar-refractivity contribution in [1.82, 2.24) is 0 Å². The average molecular weight is 318 g/mol. The van der Waals surface area contributed by atoms with Gasteiger partial charge in [-0.25, -0.2) is 0 Å². The van der Waals surface area contributed by atoms with Gasteiger partial charge < -0.3 is 4.74 Å². The maximum absolute atomic E-state index is 6.01. The van der Waals surface area contributed by atoms with Gasteiger partial charge >= 0.3 is 0 Å². The lowest BCUT2D eigenvalue weighted by Gasteiger charge is -2.11. The summed E-state index contributed by atoms with van der Waals surface area (Å²) in [7, 11) is 1.71. The minimum absolute atomic E-state index is 0.702. The Balaban J connectivity index is 1.86. The standard InChI is InChI=1S/C14H18BrClO/c1-17-14-8-7-12(16)9-11(14)3-2-4-13(15)10-5-6-10/h7-10,13H,2-6H2,1H3. The lowest BCUT2D eigenvalue weighted by Crippen LogP contribution is -2.01. The summed E-state index contributed by atoms with van der Waals surface area (Å²) in [5, 5.41) is 0.790. The smallest absolute Gasteiger partial charge is 0.122 e. The highest BCUT2D eigenvalue weighted by Gasteiger charge is 2.28. The van der Waals surface area contributed by atoms with Crippen molar-refractivity contribution in [3.05, 3.63) is 28.8 Å². The molecule has 17 heavy (non-hydrogen) atoms. The molecule has 1 aliphatic rings. The Labute approximate surface area is 117 Å². The van der Waals surface area contributed by atoms with E-state index < -0.39 is 0 Å². The average Bonchev–Trinajstić information content (AvgIpc) is 3.13. The topological polar surface area (TPSA) is 9.23 Å². The molecule has 1 aliphatic carbocycles. The normalized spacial score (nSPS) is 16.9. The summed E-state index contributed by atoms with van der Waals surface area (Å²) in [6.45, 7) is 0. The maximum Gasteiger partial charge on any atom is 0.122 e. The molecule has 0 amide bonds. The van der Waals surface area contributed by atoms with E-state index in [4.69, 9.17) is 16.3 Å². The van der Waals surface area contributed by atoms with Crippen LogP contribution < -0.4 is 4.74 Å². The van der Waals surface area contributed by atoms with Crippen LogP contribution >= 0.6 is 27.5 Å². The van der Waals surface area contributed by atoms with E-state index in [1.807, 2.05) is 18.2 Å². The first kappa shape index (κ1) is 13.2. The van der Waals surface area contributed by atoms with Gasteiger partial charge in [0.15, 0.2) is 0 Å². The number of benzene rings is 1. The molecule has 0 N–H and O–H groups in total. The number of alkyl halides is 1. The number of ether oxygens (including phenoxy) is 1. The predicted molar refractivity (Wildman–Crippen MR) is 76.4 cm³/mol. The first-order valence-corrected chi connectivity index (χ1v) is 7.46. The Kier molecular flexibility index (Phi) is 4.75. The van der Waals surface area contributed by atoms with Gasteiger partial charge in [-0.3, -0.25) is 0 Å². The third-order valence-electron chi connectivity index (χ3n) is 3.30. The van der Waals surface area contributed by atoms with Crippen LogP contribution in [0.4, 0.5) is 0 Å². The van der Waals surface area contributed by atoms with Crippen molar-refractivity contribution in [3.8, 4) is 5.75 Å². The quantitative estimate of drug-likeness (QED) is 0.682. The number of rotatable bonds is 6. The van der Waals surface area contributed by atoms with Crippen LogP contribution in [0.25, 0.3) is 0 Å². The van der Waals surface area contributed by atoms with Crippen molar-refractivity contribution in [2.24, 2.45) is 5.92 Å². The summed E-state index contributed by atoms with van der Waals surface area (Å²) in [5.41, 5.74) is 1.22. The fourth-order valence-corrected chi connectivity index (χ4v) is 3.17. The molecule has 1 aromatic carbocycles. The zero-order chi connectivity index (χ0) is 12.3. The highest BCUT2D eigenvalue weighted by atomic mass is 79.9. The van der Waals surface area contributed by atoms with Crippen LogP contribution in [0.15, 0.2) is 18.2 Å². The molecule has 0 heterocycles. The van der Waals surface area contributed by atoms with Gasteiger partial charge in [-0.2, -0.15) is 0 Å². The van der Waals surface area contributed by atoms with Crippen LogP contribution in [0, 0.1) is 5.92 Å². The van der Waals surface area contributed by atoms with Gasteiger partial charge in [0.1, 0.15) is 5.75 Å². The zero-order valence-electron chi connectivity index (χ0n) is 10.1. The summed E-state index contributed by atoms with van der Waals surface area (Å²) in [6, 6.07) is 5.84. The Bertz CT molecular complexity index is 376. The van der Waals surface area contributed by atoms with E-state index in [1.165, 1.54) is 31.2 Å². The lowest BCUT2D eigenvalue weighted by atomic mass is 10.0. The highest BCUT2D eigenvalue weighted by Crippen LogP contribution is 2.39. The van der Waals surface area contributed by atoms with Gasteiger partial charge in [0.05, 0.1) is 7.11 Å². The van der Waals surface area contributed by atoms with E-state index in [2.05, 4.69) is 15.9 Å². The van der Waals surface area contributed by atoms with E-state index in [9.17, 15) is 0 Å². The van der Waals surface area contributed by atoms with Crippen molar-refractivity contribution >= 4 is 27.5 Å². The molecule has 0 aromatic heterocycles. The molecule has 0 saturated heterocycles. The van der Waals surface area contributed by atoms with E-state index in [0.717, 1.165) is 23.1 Å². The minimum atomic E-state index is 0.702. The van der Waals surface area contributed by atoms with E-state index >= 15 is 0 Å². The van der Waals surface area contributed by atoms with Gasteiger partial charge in [-0.1, -0.05) is 27.5 Å². The van der Waals surface area contributed by atoms with Crippen molar-refractivity contribution in [2.75, 3.05) is 7.11 Å². The predicted octanol–water partition coefficient (Wildman–Crippen LogP) is 4.84. The molecule has 0 aliphatic heterocycles. The van der Waals surface area contributed by atoms with Gasteiger partial charge in [0.2, 0.25) is 0 Å². The van der Waals surface area contributed by atoms with E-state index in [0.29, 0.717) is 4.83 Å². The van der Waals surface area contributed by atoms with Crippen molar-refractivity contribution in [3.63, 3.8) is 0 Å². The lowest BCUT2D eigenvalue weighted by molar-refractivity contribution is 0.409. The number of aryl methyl sites for hydroxylation is 1. The Morgan fingerprint density at radius 1 is 1.47 bits per heavy atom. The molecule has 2 rings (SSSR count). The van der Waals surface area contributed by atoms with Gasteiger partial charge in [-0.15, -0.1) is 0 Å². The monoisotopic (exact) mass is 316 g/mol. The summed E-state index contributed by atoms with van der Waals surface area (Å²) < 4.78 is 5.35. The molecule has 0 radical (unpaired) electrons. The first-order chi connectivity index (χ1) is 8.20. The molecule has 1 fully saturated rings. The Morgan fingerprint density at radius 2 is 2.24 bits per heavy atom. The molecule has 1 atom stereocenters. The second-order valence-electron chi connectivity index (χ2n) is 4.70. The second-order valence-corrected chi connectivity index (χ2v) is 6.31. The number of halogens is 2. The fraction of sp³-hybridized carbons (Fsp3) is 0.571. The third-order valence-corrected chi connectivity index (χ3v) is 4.74. The van der Waals surface area contributed by atoms with Crippen molar-refractivity contribution < 1.29 is 4.74 Å². The van der Waals surface area contributed by atoms with Crippen molar-refractivity contribution in [1.29, 1.82) is 0 Å². The molecule has 1 unspecified atom stereocenters. The zero-order valence-corrected chi connectivity index (χ0v) is 12.4. The molecule has 0 spiro atoms. The second kappa shape index (κ2) is 6.10. The summed E-state index contributed by atoms with van der Waals surface area (Å²) >= 11 is 9.78. The SMILES string of the molecule is COc1ccc(Cl)cc1CCCC(Br)C1CC1. The maximum atomic E-state index is 6.01. The van der Waals surface area contributed by atoms with Gasteiger partial charge in [-0.05, 0) is 61.8 Å². The number of methoxy groups -OCH3 is 1. The van der Waals surface area contributed by atoms with E-state index in [1.54, 1.807) is 7.11 Å². The first-order valence-electron chi connectivity index (χ1n) is 6.17. The van der Waals surface area contributed by atoms with Crippen LogP contribution in [0.1, 0.15) is 31.2 Å². The van der Waals surface area contributed by atoms with Gasteiger partial charge in [0, 0.05) is 9.85 Å². The van der Waals surface area contributed by atoms with Crippen LogP contribution in [0.3, 0.4) is 0 Å². The summed E-state index contributed by atoms with van der Waals surface area (Å²) in [5.74, 6) is 1.88. The highest BCUT2D eigenvalue weighted by molar-refractivity contribution is 9.09. The van der Waals surface area contributed by atoms with Crippen LogP contribution in [-0.4, -0.2) is 11.9 Å². The van der Waals surface area contributed by atoms with Crippen LogP contribution in [0.2, 0.25) is 5.02 Å². The minimum Gasteiger partial charge on any atom is -0.496 e. The molecular formula is C14H18BrClO. The Morgan fingerprint density at radius 3 is 2.88 bits per heavy atom. The third kappa shape index (κ3) is 3.89. The molecule has 1 aromatic rings. The molecule has 94 valence electrons. The number of hydrogen-bond donors (Lipinski definition) is 0. The largest absolute Gasteiger partial charge is 0.496 e. The van der Waals surface area contributed by atoms with Gasteiger partial charge in [0.25, 0.3) is 0 Å². The molecule has 1 saturated carbocycles. The molecule has 3 heteroatoms. The van der Waals surface area contributed by atoms with E-state index in [-0.39, 0.29) is 0 Å². The molecule has 1 nitrogen and oxygen atoms in total. The van der Waals surface area contributed by atoms with Crippen molar-refractivity contribution in [2.45, 2.75) is 36.9 Å². The fourth-order valence-electron chi connectivity index (χ4n) is 2.12.